The molecule has 4 nitrogen and oxygen atoms in total. The molecule has 1 rings (SSSR count). The normalized spacial score (nSPS) is 9.73. The largest absolute Gasteiger partial charge is 0.359 e. The fourth-order valence-electron chi connectivity index (χ4n) is 0.651. The molecule has 0 aliphatic rings. The molecule has 58 valence electrons. The van der Waals surface area contributed by atoms with E-state index in [1.54, 1.807) is 6.07 Å². The second-order valence-corrected chi connectivity index (χ2v) is 2.45. The van der Waals surface area contributed by atoms with Gasteiger partial charge < -0.3 is 4.52 Å². The van der Waals surface area contributed by atoms with Crippen molar-refractivity contribution in [1.82, 2.24) is 5.16 Å². The highest BCUT2D eigenvalue weighted by molar-refractivity contribution is 5.44. The summed E-state index contributed by atoms with van der Waals surface area (Å²) in [5.41, 5.74) is 0. The molecule has 0 atom stereocenters. The number of carbonyl (C=O) groups excluding carboxylic acids is 1. The lowest BCUT2D eigenvalue weighted by Gasteiger charge is -1.92. The SMILES string of the molecule is CC(C)c1cc(N=C=O)no1. The minimum absolute atomic E-state index is 0.262. The van der Waals surface area contributed by atoms with Gasteiger partial charge >= 0.3 is 0 Å². The van der Waals surface area contributed by atoms with Gasteiger partial charge in [0.05, 0.1) is 0 Å². The van der Waals surface area contributed by atoms with Crippen LogP contribution in [-0.4, -0.2) is 11.2 Å². The van der Waals surface area contributed by atoms with Gasteiger partial charge in [0.15, 0.2) is 0 Å². The van der Waals surface area contributed by atoms with Crippen molar-refractivity contribution in [2.75, 3.05) is 0 Å². The summed E-state index contributed by atoms with van der Waals surface area (Å²) in [6, 6.07) is 1.62. The number of aromatic nitrogens is 1. The quantitative estimate of drug-likeness (QED) is 0.479. The highest BCUT2D eigenvalue weighted by Crippen LogP contribution is 2.18. The van der Waals surface area contributed by atoms with Crippen molar-refractivity contribution in [3.8, 4) is 0 Å². The van der Waals surface area contributed by atoms with Gasteiger partial charge in [-0.1, -0.05) is 19.0 Å². The smallest absolute Gasteiger partial charge is 0.242 e. The van der Waals surface area contributed by atoms with E-state index in [9.17, 15) is 4.79 Å². The molecule has 0 aliphatic carbocycles. The Morgan fingerprint density at radius 3 is 2.91 bits per heavy atom. The van der Waals surface area contributed by atoms with Gasteiger partial charge in [-0.3, -0.25) is 0 Å². The van der Waals surface area contributed by atoms with Crippen molar-refractivity contribution >= 4 is 11.9 Å². The third-order valence-electron chi connectivity index (χ3n) is 1.25. The first-order chi connectivity index (χ1) is 5.24. The van der Waals surface area contributed by atoms with Gasteiger partial charge in [-0.15, -0.1) is 4.99 Å². The van der Waals surface area contributed by atoms with Crippen LogP contribution < -0.4 is 0 Å². The second-order valence-electron chi connectivity index (χ2n) is 2.45. The second kappa shape index (κ2) is 3.12. The molecule has 0 bridgehead atoms. The van der Waals surface area contributed by atoms with E-state index in [4.69, 9.17) is 4.52 Å². The summed E-state index contributed by atoms with van der Waals surface area (Å²) in [6.45, 7) is 3.93. The minimum atomic E-state index is 0.262. The standard InChI is InChI=1S/C7H8N2O2/c1-5(2)6-3-7(8-4-10)9-11-6/h3,5H,1-2H3. The molecule has 0 unspecified atom stereocenters. The van der Waals surface area contributed by atoms with Crippen LogP contribution in [0.2, 0.25) is 0 Å². The molecule has 4 heteroatoms. The fourth-order valence-corrected chi connectivity index (χ4v) is 0.651. The van der Waals surface area contributed by atoms with Crippen LogP contribution in [0.25, 0.3) is 0 Å². The van der Waals surface area contributed by atoms with E-state index in [0.717, 1.165) is 5.76 Å². The van der Waals surface area contributed by atoms with Crippen molar-refractivity contribution in [2.45, 2.75) is 19.8 Å². The van der Waals surface area contributed by atoms with Crippen molar-refractivity contribution in [1.29, 1.82) is 0 Å². The Hall–Kier alpha value is -1.41. The summed E-state index contributed by atoms with van der Waals surface area (Å²) >= 11 is 0. The third kappa shape index (κ3) is 1.75. The zero-order chi connectivity index (χ0) is 8.27. The molecule has 1 heterocycles. The lowest BCUT2D eigenvalue weighted by Crippen LogP contribution is -1.79. The van der Waals surface area contributed by atoms with Crippen LogP contribution in [0.4, 0.5) is 5.82 Å². The van der Waals surface area contributed by atoms with E-state index in [1.807, 2.05) is 13.8 Å². The number of rotatable bonds is 2. The molecule has 0 saturated heterocycles. The predicted octanol–water partition coefficient (Wildman–Crippen LogP) is 1.77. The van der Waals surface area contributed by atoms with Crippen LogP contribution in [0.3, 0.4) is 0 Å². The topological polar surface area (TPSA) is 55.5 Å². The molecule has 0 saturated carbocycles. The maximum Gasteiger partial charge on any atom is 0.242 e. The van der Waals surface area contributed by atoms with E-state index in [1.165, 1.54) is 6.08 Å². The van der Waals surface area contributed by atoms with Crippen LogP contribution in [0.5, 0.6) is 0 Å². The van der Waals surface area contributed by atoms with E-state index in [-0.39, 0.29) is 11.7 Å². The van der Waals surface area contributed by atoms with Gasteiger partial charge in [0.25, 0.3) is 0 Å². The Morgan fingerprint density at radius 2 is 2.45 bits per heavy atom. The van der Waals surface area contributed by atoms with Crippen LogP contribution in [-0.2, 0) is 4.79 Å². The maximum absolute atomic E-state index is 9.78. The van der Waals surface area contributed by atoms with Crippen LogP contribution in [0.1, 0.15) is 25.5 Å². The Balaban J connectivity index is 2.90. The van der Waals surface area contributed by atoms with Gasteiger partial charge in [0.1, 0.15) is 5.76 Å². The van der Waals surface area contributed by atoms with Gasteiger partial charge in [0, 0.05) is 12.0 Å². The first kappa shape index (κ1) is 7.69. The number of nitrogens with zero attached hydrogens (tertiary/aromatic N) is 2. The van der Waals surface area contributed by atoms with Crippen molar-refractivity contribution < 1.29 is 9.32 Å². The molecule has 0 spiro atoms. The number of isocyanates is 1. The summed E-state index contributed by atoms with van der Waals surface area (Å²) in [5.74, 6) is 1.26. The minimum Gasteiger partial charge on any atom is -0.359 e. The van der Waals surface area contributed by atoms with E-state index in [2.05, 4.69) is 10.1 Å². The summed E-state index contributed by atoms with van der Waals surface area (Å²) in [6.07, 6.45) is 1.39. The first-order valence-corrected chi connectivity index (χ1v) is 3.28. The van der Waals surface area contributed by atoms with E-state index >= 15 is 0 Å². The van der Waals surface area contributed by atoms with Gasteiger partial charge in [0.2, 0.25) is 11.9 Å². The molecule has 0 fully saturated rings. The molecule has 0 aromatic carbocycles. The van der Waals surface area contributed by atoms with E-state index in [0.29, 0.717) is 0 Å². The van der Waals surface area contributed by atoms with Crippen LogP contribution in [0.15, 0.2) is 15.6 Å². The number of hydrogen-bond acceptors (Lipinski definition) is 4. The molecule has 11 heavy (non-hydrogen) atoms. The number of aliphatic imine (C=N–C) groups is 1. The summed E-state index contributed by atoms with van der Waals surface area (Å²) < 4.78 is 4.86. The average molecular weight is 152 g/mol. The van der Waals surface area contributed by atoms with Crippen molar-refractivity contribution in [3.63, 3.8) is 0 Å². The zero-order valence-corrected chi connectivity index (χ0v) is 6.37. The Labute approximate surface area is 63.9 Å². The summed E-state index contributed by atoms with van der Waals surface area (Å²) in [5, 5.41) is 3.52. The van der Waals surface area contributed by atoms with Crippen molar-refractivity contribution in [3.05, 3.63) is 11.8 Å². The highest BCUT2D eigenvalue weighted by atomic mass is 16.5. The predicted molar refractivity (Wildman–Crippen MR) is 38.4 cm³/mol. The molecular weight excluding hydrogens is 144 g/mol. The lowest BCUT2D eigenvalue weighted by atomic mass is 10.2. The average Bonchev–Trinajstić information content (AvgIpc) is 2.37. The van der Waals surface area contributed by atoms with Gasteiger partial charge in [-0.2, -0.15) is 0 Å². The molecule has 0 radical (unpaired) electrons. The third-order valence-corrected chi connectivity index (χ3v) is 1.25. The summed E-state index contributed by atoms with van der Waals surface area (Å²) in [7, 11) is 0. The molecule has 0 aliphatic heterocycles. The van der Waals surface area contributed by atoms with Crippen molar-refractivity contribution in [2.24, 2.45) is 4.99 Å². The Kier molecular flexibility index (Phi) is 2.18. The van der Waals surface area contributed by atoms with Gasteiger partial charge in [-0.25, -0.2) is 4.79 Å². The molecule has 0 amide bonds. The molecule has 1 aromatic rings. The van der Waals surface area contributed by atoms with E-state index < -0.39 is 0 Å². The zero-order valence-electron chi connectivity index (χ0n) is 6.37. The fraction of sp³-hybridized carbons (Fsp3) is 0.429. The lowest BCUT2D eigenvalue weighted by molar-refractivity contribution is 0.372. The molecule has 1 aromatic heterocycles. The van der Waals surface area contributed by atoms with Crippen LogP contribution >= 0.6 is 0 Å². The summed E-state index contributed by atoms with van der Waals surface area (Å²) in [4.78, 5) is 13.1. The Bertz CT molecular complexity index is 284. The highest BCUT2D eigenvalue weighted by Gasteiger charge is 2.05. The van der Waals surface area contributed by atoms with Gasteiger partial charge in [-0.05, 0) is 0 Å². The maximum atomic E-state index is 9.78. The van der Waals surface area contributed by atoms with Crippen LogP contribution in [0, 0.1) is 0 Å². The number of hydrogen-bond donors (Lipinski definition) is 0. The first-order valence-electron chi connectivity index (χ1n) is 3.28. The molecular formula is C7H8N2O2. The monoisotopic (exact) mass is 152 g/mol. The molecule has 0 N–H and O–H groups in total. The Morgan fingerprint density at radius 1 is 1.73 bits per heavy atom.